The third kappa shape index (κ3) is 3.94. The molecule has 0 bridgehead atoms. The molecule has 0 amide bonds. The van der Waals surface area contributed by atoms with Crippen molar-refractivity contribution >= 4 is 5.97 Å². The number of carbonyl (C=O) groups is 1. The third-order valence-electron chi connectivity index (χ3n) is 2.28. The summed E-state index contributed by atoms with van der Waals surface area (Å²) in [5, 5.41) is 0. The average molecular weight is 217 g/mol. The summed E-state index contributed by atoms with van der Waals surface area (Å²) in [6.07, 6.45) is 8.13. The van der Waals surface area contributed by atoms with Gasteiger partial charge in [0.05, 0.1) is 6.61 Å². The second kappa shape index (κ2) is 6.17. The molecular formula is C14H17O2. The number of esters is 1. The molecule has 0 aliphatic heterocycles. The monoisotopic (exact) mass is 217 g/mol. The van der Waals surface area contributed by atoms with Crippen molar-refractivity contribution in [3.63, 3.8) is 0 Å². The van der Waals surface area contributed by atoms with Crippen molar-refractivity contribution in [2.75, 3.05) is 6.61 Å². The van der Waals surface area contributed by atoms with Gasteiger partial charge in [-0.05, 0) is 18.4 Å². The van der Waals surface area contributed by atoms with Crippen LogP contribution in [-0.4, -0.2) is 12.6 Å². The molecule has 1 unspecified atom stereocenters. The highest BCUT2D eigenvalue weighted by atomic mass is 16.5. The topological polar surface area (TPSA) is 26.3 Å². The first kappa shape index (κ1) is 12.6. The van der Waals surface area contributed by atoms with E-state index in [-0.39, 0.29) is 5.92 Å². The van der Waals surface area contributed by atoms with Gasteiger partial charge in [-0.1, -0.05) is 38.0 Å². The van der Waals surface area contributed by atoms with Gasteiger partial charge in [-0.3, -0.25) is 0 Å². The number of allylic oxidation sites excluding steroid dienone is 4. The van der Waals surface area contributed by atoms with Crippen LogP contribution in [0.15, 0.2) is 23.8 Å². The number of ether oxygens (including phenoxy) is 1. The van der Waals surface area contributed by atoms with E-state index in [0.29, 0.717) is 12.5 Å². The highest BCUT2D eigenvalue weighted by molar-refractivity contribution is 5.88. The maximum absolute atomic E-state index is 11.0. The van der Waals surface area contributed by atoms with Crippen LogP contribution in [0.2, 0.25) is 0 Å². The van der Waals surface area contributed by atoms with Crippen LogP contribution in [0.25, 0.3) is 0 Å². The van der Waals surface area contributed by atoms with Gasteiger partial charge in [0, 0.05) is 18.3 Å². The predicted molar refractivity (Wildman–Crippen MR) is 64.3 cm³/mol. The molecule has 0 fully saturated rings. The lowest BCUT2D eigenvalue weighted by Crippen LogP contribution is -2.04. The van der Waals surface area contributed by atoms with Crippen molar-refractivity contribution in [3.05, 3.63) is 30.2 Å². The molecule has 0 saturated heterocycles. The molecule has 0 spiro atoms. The lowest BCUT2D eigenvalue weighted by Gasteiger charge is -2.13. The number of hydrogen-bond donors (Lipinski definition) is 0. The summed E-state index contributed by atoms with van der Waals surface area (Å²) in [6, 6.07) is 0. The van der Waals surface area contributed by atoms with Gasteiger partial charge in [0.2, 0.25) is 0 Å². The summed E-state index contributed by atoms with van der Waals surface area (Å²) >= 11 is 0. The molecule has 16 heavy (non-hydrogen) atoms. The first-order chi connectivity index (χ1) is 7.63. The van der Waals surface area contributed by atoms with Crippen LogP contribution in [0.5, 0.6) is 0 Å². The molecule has 0 heterocycles. The maximum Gasteiger partial charge on any atom is 0.384 e. The van der Waals surface area contributed by atoms with E-state index >= 15 is 0 Å². The molecule has 0 N–H and O–H groups in total. The molecule has 0 saturated carbocycles. The van der Waals surface area contributed by atoms with Crippen molar-refractivity contribution < 1.29 is 9.53 Å². The number of hydrogen-bond acceptors (Lipinski definition) is 2. The maximum atomic E-state index is 11.0. The third-order valence-corrected chi connectivity index (χ3v) is 2.28. The zero-order valence-corrected chi connectivity index (χ0v) is 9.99. The van der Waals surface area contributed by atoms with Gasteiger partial charge in [-0.2, -0.15) is 0 Å². The lowest BCUT2D eigenvalue weighted by molar-refractivity contribution is -0.136. The molecule has 1 aliphatic carbocycles. The van der Waals surface area contributed by atoms with E-state index in [1.807, 2.05) is 12.5 Å². The van der Waals surface area contributed by atoms with Crippen LogP contribution in [0.4, 0.5) is 0 Å². The SMILES string of the molecule is CCOC(=O)C#CC1[CH]C=C(C(C)C)C=C1. The van der Waals surface area contributed by atoms with Crippen molar-refractivity contribution in [3.8, 4) is 11.8 Å². The summed E-state index contributed by atoms with van der Waals surface area (Å²) in [5.41, 5.74) is 1.29. The van der Waals surface area contributed by atoms with Crippen LogP contribution in [-0.2, 0) is 9.53 Å². The average Bonchev–Trinajstić information content (AvgIpc) is 2.27. The molecule has 1 atom stereocenters. The molecule has 1 rings (SSSR count). The zero-order valence-electron chi connectivity index (χ0n) is 9.99. The molecule has 0 aromatic rings. The lowest BCUT2D eigenvalue weighted by atomic mass is 9.92. The molecular weight excluding hydrogens is 200 g/mol. The van der Waals surface area contributed by atoms with Crippen LogP contribution in [0.1, 0.15) is 20.8 Å². The van der Waals surface area contributed by atoms with Crippen molar-refractivity contribution in [2.24, 2.45) is 11.8 Å². The fourth-order valence-corrected chi connectivity index (χ4v) is 1.34. The van der Waals surface area contributed by atoms with E-state index in [9.17, 15) is 4.79 Å². The van der Waals surface area contributed by atoms with Gasteiger partial charge >= 0.3 is 5.97 Å². The fraction of sp³-hybridized carbons (Fsp3) is 0.429. The van der Waals surface area contributed by atoms with E-state index in [1.54, 1.807) is 6.92 Å². The largest absolute Gasteiger partial charge is 0.456 e. The van der Waals surface area contributed by atoms with Crippen molar-refractivity contribution in [2.45, 2.75) is 20.8 Å². The van der Waals surface area contributed by atoms with E-state index in [4.69, 9.17) is 4.74 Å². The molecule has 2 nitrogen and oxygen atoms in total. The van der Waals surface area contributed by atoms with Crippen LogP contribution >= 0.6 is 0 Å². The Balaban J connectivity index is 2.50. The zero-order chi connectivity index (χ0) is 12.0. The quantitative estimate of drug-likeness (QED) is 0.403. The summed E-state index contributed by atoms with van der Waals surface area (Å²) < 4.78 is 4.73. The smallest absolute Gasteiger partial charge is 0.384 e. The summed E-state index contributed by atoms with van der Waals surface area (Å²) in [5.74, 6) is 5.41. The molecule has 1 radical (unpaired) electrons. The van der Waals surface area contributed by atoms with Gasteiger partial charge in [-0.15, -0.1) is 0 Å². The van der Waals surface area contributed by atoms with Crippen LogP contribution in [0.3, 0.4) is 0 Å². The minimum absolute atomic E-state index is 0.0203. The minimum Gasteiger partial charge on any atom is -0.456 e. The Morgan fingerprint density at radius 2 is 2.31 bits per heavy atom. The summed E-state index contributed by atoms with van der Waals surface area (Å²) in [6.45, 7) is 6.43. The number of carbonyl (C=O) groups excluding carboxylic acids is 1. The first-order valence-corrected chi connectivity index (χ1v) is 5.55. The van der Waals surface area contributed by atoms with Gasteiger partial charge in [0.25, 0.3) is 0 Å². The molecule has 2 heteroatoms. The Morgan fingerprint density at radius 1 is 1.56 bits per heavy atom. The van der Waals surface area contributed by atoms with Gasteiger partial charge in [0.15, 0.2) is 0 Å². The Hall–Kier alpha value is -1.49. The van der Waals surface area contributed by atoms with E-state index in [1.165, 1.54) is 5.57 Å². The van der Waals surface area contributed by atoms with Gasteiger partial charge in [0.1, 0.15) is 0 Å². The minimum atomic E-state index is -0.456. The van der Waals surface area contributed by atoms with Gasteiger partial charge in [-0.25, -0.2) is 4.79 Å². The Bertz CT molecular complexity index is 364. The summed E-state index contributed by atoms with van der Waals surface area (Å²) in [7, 11) is 0. The van der Waals surface area contributed by atoms with E-state index < -0.39 is 5.97 Å². The normalized spacial score (nSPS) is 18.8. The summed E-state index contributed by atoms with van der Waals surface area (Å²) in [4.78, 5) is 11.0. The highest BCUT2D eigenvalue weighted by Crippen LogP contribution is 2.20. The van der Waals surface area contributed by atoms with E-state index in [0.717, 1.165) is 0 Å². The standard InChI is InChI=1S/C14H17O2/c1-4-16-14(15)10-7-12-5-8-13(9-6-12)11(2)3/h5-6,8-9,11-12H,4H2,1-3H3. The van der Waals surface area contributed by atoms with Crippen molar-refractivity contribution in [1.82, 2.24) is 0 Å². The van der Waals surface area contributed by atoms with Crippen LogP contribution < -0.4 is 0 Å². The highest BCUT2D eigenvalue weighted by Gasteiger charge is 2.08. The molecule has 0 aromatic carbocycles. The fourth-order valence-electron chi connectivity index (χ4n) is 1.34. The molecule has 0 aromatic heterocycles. The number of rotatable bonds is 2. The molecule has 85 valence electrons. The molecule has 1 aliphatic rings. The Morgan fingerprint density at radius 3 is 2.81 bits per heavy atom. The van der Waals surface area contributed by atoms with Gasteiger partial charge < -0.3 is 4.74 Å². The Kier molecular flexibility index (Phi) is 4.85. The predicted octanol–water partition coefficient (Wildman–Crippen LogP) is 2.53. The van der Waals surface area contributed by atoms with Crippen molar-refractivity contribution in [1.29, 1.82) is 0 Å². The van der Waals surface area contributed by atoms with Crippen LogP contribution in [0, 0.1) is 30.1 Å². The Labute approximate surface area is 97.4 Å². The van der Waals surface area contributed by atoms with E-state index in [2.05, 4.69) is 37.8 Å². The first-order valence-electron chi connectivity index (χ1n) is 5.55. The second-order valence-corrected chi connectivity index (χ2v) is 3.89. The second-order valence-electron chi connectivity index (χ2n) is 3.89.